The van der Waals surface area contributed by atoms with Crippen LogP contribution in [0.3, 0.4) is 0 Å². The summed E-state index contributed by atoms with van der Waals surface area (Å²) in [6.07, 6.45) is 0. The van der Waals surface area contributed by atoms with Crippen molar-refractivity contribution in [1.29, 1.82) is 0 Å². The number of rotatable bonds is 3. The number of nitrogens with one attached hydrogen (secondary N) is 1. The van der Waals surface area contributed by atoms with E-state index in [1.54, 1.807) is 5.54 Å². The lowest BCUT2D eigenvalue weighted by Gasteiger charge is -2.38. The maximum Gasteiger partial charge on any atom is 0.0247 e. The second-order valence-corrected chi connectivity index (χ2v) is 4.66. The second kappa shape index (κ2) is 5.74. The molecule has 1 rings (SSSR count). The van der Waals surface area contributed by atoms with E-state index in [9.17, 15) is 0 Å². The van der Waals surface area contributed by atoms with Gasteiger partial charge in [0.2, 0.25) is 0 Å². The van der Waals surface area contributed by atoms with Gasteiger partial charge in [-0.1, -0.05) is 25.4 Å². The van der Waals surface area contributed by atoms with Crippen molar-refractivity contribution in [1.82, 2.24) is 10.2 Å². The molecule has 2 nitrogen and oxygen atoms in total. The fourth-order valence-corrected chi connectivity index (χ4v) is 2.05. The summed E-state index contributed by atoms with van der Waals surface area (Å²) in [4.78, 5) is 2.52. The number of piperazine rings is 1. The number of hydrogen-bond acceptors (Lipinski definition) is 2. The fraction of sp³-hybridized carbons (Fsp3) is 0.818. The standard InChI is InChI=1S/C11H21ClN2/c1-9(2)11-7-13-4-5-14(11)8-10(3)6-12/h6,9,11,13H,4-5,7-8H2,1-3H3. The molecule has 1 fully saturated rings. The highest BCUT2D eigenvalue weighted by molar-refractivity contribution is 6.25. The van der Waals surface area contributed by atoms with Gasteiger partial charge in [-0.05, 0) is 18.4 Å². The van der Waals surface area contributed by atoms with Crippen LogP contribution in [0.2, 0.25) is 0 Å². The van der Waals surface area contributed by atoms with Crippen LogP contribution in [0.1, 0.15) is 20.8 Å². The smallest absolute Gasteiger partial charge is 0.0247 e. The largest absolute Gasteiger partial charge is 0.314 e. The summed E-state index contributed by atoms with van der Waals surface area (Å²) in [7, 11) is 0. The molecule has 0 aliphatic carbocycles. The van der Waals surface area contributed by atoms with Gasteiger partial charge in [0, 0.05) is 37.8 Å². The molecule has 1 atom stereocenters. The molecule has 1 saturated heterocycles. The van der Waals surface area contributed by atoms with Crippen LogP contribution in [0.25, 0.3) is 0 Å². The average Bonchev–Trinajstić information content (AvgIpc) is 2.18. The van der Waals surface area contributed by atoms with Crippen LogP contribution in [0.15, 0.2) is 11.1 Å². The van der Waals surface area contributed by atoms with Crippen LogP contribution >= 0.6 is 11.6 Å². The van der Waals surface area contributed by atoms with Crippen molar-refractivity contribution in [2.45, 2.75) is 26.8 Å². The normalized spacial score (nSPS) is 25.8. The Morgan fingerprint density at radius 2 is 2.36 bits per heavy atom. The van der Waals surface area contributed by atoms with E-state index in [0.717, 1.165) is 26.2 Å². The summed E-state index contributed by atoms with van der Waals surface area (Å²) in [5.74, 6) is 0.700. The lowest BCUT2D eigenvalue weighted by Crippen LogP contribution is -2.53. The average molecular weight is 217 g/mol. The molecule has 0 aromatic carbocycles. The SMILES string of the molecule is CC(=CCl)CN1CCNCC1C(C)C. The van der Waals surface area contributed by atoms with Gasteiger partial charge < -0.3 is 5.32 Å². The van der Waals surface area contributed by atoms with E-state index in [1.165, 1.54) is 5.57 Å². The molecular formula is C11H21ClN2. The molecule has 82 valence electrons. The lowest BCUT2D eigenvalue weighted by atomic mass is 10.00. The minimum Gasteiger partial charge on any atom is -0.314 e. The second-order valence-electron chi connectivity index (χ2n) is 4.44. The highest BCUT2D eigenvalue weighted by atomic mass is 35.5. The van der Waals surface area contributed by atoms with Gasteiger partial charge in [-0.25, -0.2) is 0 Å². The van der Waals surface area contributed by atoms with Crippen molar-refractivity contribution in [3.8, 4) is 0 Å². The molecule has 1 heterocycles. The topological polar surface area (TPSA) is 15.3 Å². The molecule has 1 N–H and O–H groups in total. The van der Waals surface area contributed by atoms with E-state index in [2.05, 4.69) is 31.0 Å². The van der Waals surface area contributed by atoms with Crippen LogP contribution in [0.5, 0.6) is 0 Å². The quantitative estimate of drug-likeness (QED) is 0.777. The van der Waals surface area contributed by atoms with E-state index in [0.29, 0.717) is 12.0 Å². The van der Waals surface area contributed by atoms with E-state index >= 15 is 0 Å². The molecule has 0 amide bonds. The first-order valence-electron chi connectivity index (χ1n) is 5.35. The first-order chi connectivity index (χ1) is 6.65. The highest BCUT2D eigenvalue weighted by Crippen LogP contribution is 2.14. The third-order valence-electron chi connectivity index (χ3n) is 2.81. The van der Waals surface area contributed by atoms with Crippen molar-refractivity contribution in [3.63, 3.8) is 0 Å². The zero-order valence-electron chi connectivity index (χ0n) is 9.39. The molecule has 0 aromatic heterocycles. The minimum absolute atomic E-state index is 0.648. The van der Waals surface area contributed by atoms with Crippen molar-refractivity contribution in [2.24, 2.45) is 5.92 Å². The Kier molecular flexibility index (Phi) is 4.93. The van der Waals surface area contributed by atoms with Crippen LogP contribution in [0.4, 0.5) is 0 Å². The zero-order chi connectivity index (χ0) is 10.6. The predicted molar refractivity (Wildman–Crippen MR) is 62.7 cm³/mol. The third-order valence-corrected chi connectivity index (χ3v) is 3.18. The summed E-state index contributed by atoms with van der Waals surface area (Å²) in [5, 5.41) is 3.44. The summed E-state index contributed by atoms with van der Waals surface area (Å²) < 4.78 is 0. The molecule has 0 spiro atoms. The molecule has 3 heteroatoms. The molecule has 0 bridgehead atoms. The minimum atomic E-state index is 0.648. The molecule has 0 radical (unpaired) electrons. The van der Waals surface area contributed by atoms with Gasteiger partial charge in [0.15, 0.2) is 0 Å². The Bertz CT molecular complexity index is 201. The summed E-state index contributed by atoms with van der Waals surface area (Å²) in [6.45, 7) is 11.0. The van der Waals surface area contributed by atoms with Crippen molar-refractivity contribution in [3.05, 3.63) is 11.1 Å². The van der Waals surface area contributed by atoms with Gasteiger partial charge in [-0.2, -0.15) is 0 Å². The van der Waals surface area contributed by atoms with E-state index < -0.39 is 0 Å². The van der Waals surface area contributed by atoms with E-state index in [-0.39, 0.29) is 0 Å². The first kappa shape index (κ1) is 12.0. The molecule has 1 aliphatic heterocycles. The summed E-state index contributed by atoms with van der Waals surface area (Å²) in [6, 6.07) is 0.648. The summed E-state index contributed by atoms with van der Waals surface area (Å²) >= 11 is 5.69. The third kappa shape index (κ3) is 3.26. The molecule has 1 unspecified atom stereocenters. The van der Waals surface area contributed by atoms with Crippen LogP contribution in [-0.4, -0.2) is 37.1 Å². The summed E-state index contributed by atoms with van der Waals surface area (Å²) in [5.41, 5.74) is 2.94. The van der Waals surface area contributed by atoms with Crippen LogP contribution < -0.4 is 5.32 Å². The van der Waals surface area contributed by atoms with Gasteiger partial charge in [-0.3, -0.25) is 4.90 Å². The zero-order valence-corrected chi connectivity index (χ0v) is 10.1. The van der Waals surface area contributed by atoms with Gasteiger partial charge >= 0.3 is 0 Å². The Balaban J connectivity index is 2.54. The maximum atomic E-state index is 5.69. The highest BCUT2D eigenvalue weighted by Gasteiger charge is 2.24. The number of halogens is 1. The Morgan fingerprint density at radius 1 is 1.64 bits per heavy atom. The number of nitrogens with zero attached hydrogens (tertiary/aromatic N) is 1. The first-order valence-corrected chi connectivity index (χ1v) is 5.79. The predicted octanol–water partition coefficient (Wildman–Crippen LogP) is 2.06. The monoisotopic (exact) mass is 216 g/mol. The lowest BCUT2D eigenvalue weighted by molar-refractivity contribution is 0.136. The van der Waals surface area contributed by atoms with Crippen molar-refractivity contribution < 1.29 is 0 Å². The van der Waals surface area contributed by atoms with Gasteiger partial charge in [0.25, 0.3) is 0 Å². The Hall–Kier alpha value is -0.0500. The Labute approximate surface area is 92.3 Å². The van der Waals surface area contributed by atoms with Crippen LogP contribution in [0, 0.1) is 5.92 Å². The van der Waals surface area contributed by atoms with E-state index in [1.807, 2.05) is 0 Å². The van der Waals surface area contributed by atoms with Crippen LogP contribution in [-0.2, 0) is 0 Å². The maximum absolute atomic E-state index is 5.69. The molecule has 0 saturated carbocycles. The number of hydrogen-bond donors (Lipinski definition) is 1. The molecule has 14 heavy (non-hydrogen) atoms. The van der Waals surface area contributed by atoms with Gasteiger partial charge in [-0.15, -0.1) is 0 Å². The van der Waals surface area contributed by atoms with E-state index in [4.69, 9.17) is 11.6 Å². The molecule has 0 aromatic rings. The van der Waals surface area contributed by atoms with Gasteiger partial charge in [0.05, 0.1) is 0 Å². The molecule has 1 aliphatic rings. The molecular weight excluding hydrogens is 196 g/mol. The fourth-order valence-electron chi connectivity index (χ4n) is 1.98. The van der Waals surface area contributed by atoms with Crippen molar-refractivity contribution >= 4 is 11.6 Å². The Morgan fingerprint density at radius 3 is 2.93 bits per heavy atom. The van der Waals surface area contributed by atoms with Crippen molar-refractivity contribution in [2.75, 3.05) is 26.2 Å². The van der Waals surface area contributed by atoms with Gasteiger partial charge in [0.1, 0.15) is 0 Å².